The molecule has 0 radical (unpaired) electrons. The zero-order chi connectivity index (χ0) is 20.5. The highest BCUT2D eigenvalue weighted by Gasteiger charge is 2.22. The van der Waals surface area contributed by atoms with E-state index in [-0.39, 0.29) is 5.91 Å². The summed E-state index contributed by atoms with van der Waals surface area (Å²) in [6.07, 6.45) is 2.47. The molecular weight excluding hydrogens is 364 g/mol. The number of hydrogen-bond acceptors (Lipinski definition) is 4. The van der Waals surface area contributed by atoms with Crippen LogP contribution in [-0.2, 0) is 6.54 Å². The summed E-state index contributed by atoms with van der Waals surface area (Å²) in [7, 11) is 1.87. The Kier molecular flexibility index (Phi) is 5.18. The van der Waals surface area contributed by atoms with Gasteiger partial charge in [-0.15, -0.1) is 0 Å². The van der Waals surface area contributed by atoms with Crippen molar-refractivity contribution in [3.05, 3.63) is 64.7 Å². The third-order valence-electron chi connectivity index (χ3n) is 5.70. The summed E-state index contributed by atoms with van der Waals surface area (Å²) in [5.41, 5.74) is 4.97. The molecular formula is C23H28N4O2. The van der Waals surface area contributed by atoms with Crippen molar-refractivity contribution in [2.75, 3.05) is 25.0 Å². The monoisotopic (exact) mass is 392 g/mol. The Hall–Kier alpha value is -3.02. The highest BCUT2D eigenvalue weighted by Crippen LogP contribution is 2.27. The molecule has 2 aromatic heterocycles. The number of aryl methyl sites for hydroxylation is 2. The molecule has 4 rings (SSSR count). The first-order chi connectivity index (χ1) is 14.0. The van der Waals surface area contributed by atoms with Crippen LogP contribution < -0.4 is 4.90 Å². The molecule has 1 saturated heterocycles. The molecule has 0 bridgehead atoms. The molecule has 0 atom stereocenters. The van der Waals surface area contributed by atoms with Crippen molar-refractivity contribution >= 4 is 11.6 Å². The number of carbonyl (C=O) groups excluding carboxylic acids is 1. The van der Waals surface area contributed by atoms with Crippen LogP contribution in [0.2, 0.25) is 0 Å². The summed E-state index contributed by atoms with van der Waals surface area (Å²) >= 11 is 0. The van der Waals surface area contributed by atoms with Gasteiger partial charge in [0, 0.05) is 49.8 Å². The fourth-order valence-electron chi connectivity index (χ4n) is 4.23. The maximum atomic E-state index is 13.3. The van der Waals surface area contributed by atoms with Crippen molar-refractivity contribution in [1.82, 2.24) is 14.6 Å². The van der Waals surface area contributed by atoms with E-state index in [4.69, 9.17) is 4.52 Å². The van der Waals surface area contributed by atoms with Crippen LogP contribution in [0.3, 0.4) is 0 Å². The highest BCUT2D eigenvalue weighted by atomic mass is 16.5. The molecule has 1 aromatic carbocycles. The molecule has 0 spiro atoms. The minimum absolute atomic E-state index is 0.0146. The van der Waals surface area contributed by atoms with Crippen LogP contribution in [0, 0.1) is 20.8 Å². The summed E-state index contributed by atoms with van der Waals surface area (Å²) in [5.74, 6) is 1.47. The molecule has 1 amide bonds. The number of hydrogen-bond donors (Lipinski definition) is 0. The van der Waals surface area contributed by atoms with E-state index in [2.05, 4.69) is 28.3 Å². The summed E-state index contributed by atoms with van der Waals surface area (Å²) in [6.45, 7) is 8.56. The normalized spacial score (nSPS) is 13.9. The van der Waals surface area contributed by atoms with Gasteiger partial charge in [-0.2, -0.15) is 0 Å². The smallest absolute Gasteiger partial charge is 0.255 e. The summed E-state index contributed by atoms with van der Waals surface area (Å²) < 4.78 is 7.18. The maximum Gasteiger partial charge on any atom is 0.255 e. The number of carbonyl (C=O) groups is 1. The van der Waals surface area contributed by atoms with E-state index in [1.165, 1.54) is 24.1 Å². The molecule has 3 heterocycles. The number of para-hydroxylation sites is 1. The van der Waals surface area contributed by atoms with E-state index in [1.807, 2.05) is 50.6 Å². The van der Waals surface area contributed by atoms with Crippen LogP contribution in [0.25, 0.3) is 5.82 Å². The molecule has 1 aliphatic heterocycles. The third kappa shape index (κ3) is 3.67. The van der Waals surface area contributed by atoms with Gasteiger partial charge in [0.25, 0.3) is 5.91 Å². The van der Waals surface area contributed by atoms with Crippen LogP contribution in [0.1, 0.15) is 45.9 Å². The van der Waals surface area contributed by atoms with Crippen molar-refractivity contribution in [1.29, 1.82) is 0 Å². The Morgan fingerprint density at radius 3 is 2.55 bits per heavy atom. The minimum Gasteiger partial charge on any atom is -0.371 e. The Balaban J connectivity index is 1.58. The van der Waals surface area contributed by atoms with Crippen LogP contribution in [0.5, 0.6) is 0 Å². The molecule has 29 heavy (non-hydrogen) atoms. The van der Waals surface area contributed by atoms with Gasteiger partial charge in [0.2, 0.25) is 0 Å². The molecule has 0 unspecified atom stereocenters. The van der Waals surface area contributed by atoms with Gasteiger partial charge in [-0.05, 0) is 51.3 Å². The maximum absolute atomic E-state index is 13.3. The molecule has 0 N–H and O–H groups in total. The first-order valence-corrected chi connectivity index (χ1v) is 10.2. The van der Waals surface area contributed by atoms with Gasteiger partial charge in [-0.25, -0.2) is 0 Å². The van der Waals surface area contributed by atoms with Crippen molar-refractivity contribution in [2.45, 2.75) is 40.2 Å². The van der Waals surface area contributed by atoms with Crippen molar-refractivity contribution in [2.24, 2.45) is 0 Å². The van der Waals surface area contributed by atoms with Crippen molar-refractivity contribution in [3.63, 3.8) is 0 Å². The first kappa shape index (κ1) is 19.3. The van der Waals surface area contributed by atoms with E-state index < -0.39 is 0 Å². The highest BCUT2D eigenvalue weighted by molar-refractivity contribution is 5.95. The summed E-state index contributed by atoms with van der Waals surface area (Å²) in [5, 5.41) is 4.11. The second-order valence-electron chi connectivity index (χ2n) is 7.90. The molecule has 3 aromatic rings. The molecule has 6 heteroatoms. The van der Waals surface area contributed by atoms with E-state index >= 15 is 0 Å². The molecule has 1 fully saturated rings. The zero-order valence-electron chi connectivity index (χ0n) is 17.6. The summed E-state index contributed by atoms with van der Waals surface area (Å²) in [6, 6.07) is 12.2. The van der Waals surface area contributed by atoms with Gasteiger partial charge < -0.3 is 14.3 Å². The van der Waals surface area contributed by atoms with Crippen LogP contribution in [-0.4, -0.2) is 40.7 Å². The molecule has 0 saturated carbocycles. The van der Waals surface area contributed by atoms with Gasteiger partial charge in [0.1, 0.15) is 5.76 Å². The number of anilines is 1. The number of nitrogens with zero attached hydrogens (tertiary/aromatic N) is 4. The lowest BCUT2D eigenvalue weighted by Gasteiger charge is -2.24. The average molecular weight is 393 g/mol. The lowest BCUT2D eigenvalue weighted by Crippen LogP contribution is -2.28. The molecule has 152 valence electrons. The Labute approximate surface area is 171 Å². The number of benzene rings is 1. The van der Waals surface area contributed by atoms with E-state index in [1.54, 1.807) is 4.90 Å². The standard InChI is InChI=1S/C23H28N4O2/c1-16-13-20(18(3)27(16)22-14-17(2)29-24-22)23(28)25(4)15-19-9-5-6-10-21(19)26-11-7-8-12-26/h5-6,9-10,13-14H,7-8,11-12,15H2,1-4H3. The number of rotatable bonds is 5. The second-order valence-corrected chi connectivity index (χ2v) is 7.90. The van der Waals surface area contributed by atoms with E-state index in [0.29, 0.717) is 17.9 Å². The van der Waals surface area contributed by atoms with Crippen molar-refractivity contribution in [3.8, 4) is 5.82 Å². The SMILES string of the molecule is Cc1cc(-n2c(C)cc(C(=O)N(C)Cc3ccccc3N3CCCC3)c2C)no1. The lowest BCUT2D eigenvalue weighted by molar-refractivity contribution is 0.0784. The molecule has 1 aliphatic rings. The largest absolute Gasteiger partial charge is 0.371 e. The molecule has 6 nitrogen and oxygen atoms in total. The van der Waals surface area contributed by atoms with Crippen LogP contribution in [0.4, 0.5) is 5.69 Å². The van der Waals surface area contributed by atoms with Gasteiger partial charge in [-0.1, -0.05) is 23.4 Å². The predicted octanol–water partition coefficient (Wildman–Crippen LogP) is 4.26. The quantitative estimate of drug-likeness (QED) is 0.651. The number of aromatic nitrogens is 2. The van der Waals surface area contributed by atoms with Crippen LogP contribution >= 0.6 is 0 Å². The van der Waals surface area contributed by atoms with Gasteiger partial charge in [-0.3, -0.25) is 9.36 Å². The Morgan fingerprint density at radius 2 is 1.86 bits per heavy atom. The Bertz CT molecular complexity index is 1030. The predicted molar refractivity (Wildman–Crippen MR) is 114 cm³/mol. The number of amides is 1. The fraction of sp³-hybridized carbons (Fsp3) is 0.391. The average Bonchev–Trinajstić information content (AvgIpc) is 3.43. The Morgan fingerprint density at radius 1 is 1.14 bits per heavy atom. The molecule has 0 aliphatic carbocycles. The lowest BCUT2D eigenvalue weighted by atomic mass is 10.1. The summed E-state index contributed by atoms with van der Waals surface area (Å²) in [4.78, 5) is 17.5. The van der Waals surface area contributed by atoms with Gasteiger partial charge >= 0.3 is 0 Å². The fourth-order valence-corrected chi connectivity index (χ4v) is 4.23. The third-order valence-corrected chi connectivity index (χ3v) is 5.70. The van der Waals surface area contributed by atoms with Crippen molar-refractivity contribution < 1.29 is 9.32 Å². The van der Waals surface area contributed by atoms with Gasteiger partial charge in [0.05, 0.1) is 5.56 Å². The van der Waals surface area contributed by atoms with E-state index in [9.17, 15) is 4.79 Å². The zero-order valence-corrected chi connectivity index (χ0v) is 17.6. The van der Waals surface area contributed by atoms with E-state index in [0.717, 1.165) is 30.2 Å². The topological polar surface area (TPSA) is 54.5 Å². The minimum atomic E-state index is 0.0146. The second kappa shape index (κ2) is 7.78. The van der Waals surface area contributed by atoms with Crippen LogP contribution in [0.15, 0.2) is 40.9 Å². The first-order valence-electron chi connectivity index (χ1n) is 10.2. The van der Waals surface area contributed by atoms with Gasteiger partial charge in [0.15, 0.2) is 5.82 Å².